The van der Waals surface area contributed by atoms with Gasteiger partial charge in [-0.2, -0.15) is 26.3 Å². The number of rotatable bonds is 2. The Bertz CT molecular complexity index is 467. The summed E-state index contributed by atoms with van der Waals surface area (Å²) < 4.78 is 74.6. The van der Waals surface area contributed by atoms with E-state index in [0.717, 1.165) is 0 Å². The van der Waals surface area contributed by atoms with Gasteiger partial charge in [0.1, 0.15) is 0 Å². The number of nitrogens with one attached hydrogen (secondary N) is 1. The van der Waals surface area contributed by atoms with Gasteiger partial charge < -0.3 is 5.32 Å². The van der Waals surface area contributed by atoms with Gasteiger partial charge in [-0.05, 0) is 28.1 Å². The third kappa shape index (κ3) is 3.15. The van der Waals surface area contributed by atoms with E-state index in [1.807, 2.05) is 5.32 Å². The average Bonchev–Trinajstić information content (AvgIpc) is 2.17. The summed E-state index contributed by atoms with van der Waals surface area (Å²) in [6.07, 6.45) is -10.3. The van der Waals surface area contributed by atoms with Gasteiger partial charge in [-0.15, -0.1) is 0 Å². The average molecular weight is 336 g/mol. The van der Waals surface area contributed by atoms with Crippen molar-refractivity contribution in [3.8, 4) is 0 Å². The topological polar surface area (TPSA) is 29.1 Å². The molecule has 1 aromatic rings. The maximum Gasteiger partial charge on any atom is 0.417 e. The Morgan fingerprint density at radius 1 is 1.00 bits per heavy atom. The van der Waals surface area contributed by atoms with Crippen LogP contribution >= 0.6 is 15.9 Å². The van der Waals surface area contributed by atoms with Gasteiger partial charge in [0.25, 0.3) is 0 Å². The molecule has 100 valence electrons. The van der Waals surface area contributed by atoms with Crippen molar-refractivity contribution in [2.75, 3.05) is 5.32 Å². The zero-order chi connectivity index (χ0) is 14.1. The molecule has 2 nitrogen and oxygen atoms in total. The molecule has 0 aromatic heterocycles. The summed E-state index contributed by atoms with van der Waals surface area (Å²) in [4.78, 5) is 10.1. The van der Waals surface area contributed by atoms with Crippen molar-refractivity contribution < 1.29 is 31.1 Å². The number of benzene rings is 1. The van der Waals surface area contributed by atoms with E-state index in [1.165, 1.54) is 0 Å². The van der Waals surface area contributed by atoms with E-state index >= 15 is 0 Å². The van der Waals surface area contributed by atoms with Crippen LogP contribution in [0.1, 0.15) is 11.1 Å². The number of amides is 1. The summed E-state index contributed by atoms with van der Waals surface area (Å²) in [7, 11) is 0. The normalized spacial score (nSPS) is 12.4. The molecule has 1 amide bonds. The molecule has 0 fully saturated rings. The second-order valence-corrected chi connectivity index (χ2v) is 3.99. The second kappa shape index (κ2) is 4.79. The second-order valence-electron chi connectivity index (χ2n) is 3.14. The van der Waals surface area contributed by atoms with Crippen LogP contribution in [0.15, 0.2) is 16.6 Å². The first-order valence-electron chi connectivity index (χ1n) is 4.25. The van der Waals surface area contributed by atoms with Crippen LogP contribution in [0.3, 0.4) is 0 Å². The summed E-state index contributed by atoms with van der Waals surface area (Å²) in [5, 5.41) is 1.87. The van der Waals surface area contributed by atoms with Crippen molar-refractivity contribution in [1.82, 2.24) is 0 Å². The monoisotopic (exact) mass is 335 g/mol. The van der Waals surface area contributed by atoms with Crippen LogP contribution in [0, 0.1) is 0 Å². The number of carbonyl (C=O) groups excluding carboxylic acids is 1. The summed E-state index contributed by atoms with van der Waals surface area (Å²) in [5.74, 6) is 0. The highest BCUT2D eigenvalue weighted by atomic mass is 79.9. The Labute approximate surface area is 105 Å². The van der Waals surface area contributed by atoms with Crippen LogP contribution in [-0.4, -0.2) is 6.41 Å². The highest BCUT2D eigenvalue weighted by molar-refractivity contribution is 9.10. The molecule has 1 N–H and O–H groups in total. The molecule has 0 saturated carbocycles. The Kier molecular flexibility index (Phi) is 3.94. The molecule has 1 rings (SSSR count). The quantitative estimate of drug-likeness (QED) is 0.641. The smallest absolute Gasteiger partial charge is 0.328 e. The first-order valence-corrected chi connectivity index (χ1v) is 5.04. The van der Waals surface area contributed by atoms with Crippen molar-refractivity contribution in [2.24, 2.45) is 0 Å². The minimum Gasteiger partial charge on any atom is -0.328 e. The Morgan fingerprint density at radius 2 is 1.44 bits per heavy atom. The third-order valence-electron chi connectivity index (χ3n) is 1.93. The number of alkyl halides is 6. The van der Waals surface area contributed by atoms with Crippen molar-refractivity contribution >= 4 is 28.0 Å². The van der Waals surface area contributed by atoms with E-state index in [4.69, 9.17) is 0 Å². The van der Waals surface area contributed by atoms with Gasteiger partial charge in [-0.25, -0.2) is 0 Å². The minimum absolute atomic E-state index is 0.0630. The minimum atomic E-state index is -5.18. The lowest BCUT2D eigenvalue weighted by Crippen LogP contribution is -2.17. The third-order valence-corrected chi connectivity index (χ3v) is 2.59. The zero-order valence-corrected chi connectivity index (χ0v) is 9.87. The zero-order valence-electron chi connectivity index (χ0n) is 8.29. The van der Waals surface area contributed by atoms with Crippen LogP contribution in [0.25, 0.3) is 0 Å². The Balaban J connectivity index is 3.52. The van der Waals surface area contributed by atoms with E-state index in [2.05, 4.69) is 15.9 Å². The van der Waals surface area contributed by atoms with Crippen molar-refractivity contribution in [3.05, 3.63) is 27.7 Å². The molecular formula is C9H4BrF6NO. The van der Waals surface area contributed by atoms with Gasteiger partial charge in [0.05, 0.1) is 16.8 Å². The number of hydrogen-bond acceptors (Lipinski definition) is 1. The lowest BCUT2D eigenvalue weighted by molar-refractivity contribution is -0.162. The molecular weight excluding hydrogens is 332 g/mol. The first-order chi connectivity index (χ1) is 8.07. The lowest BCUT2D eigenvalue weighted by atomic mass is 10.1. The fraction of sp³-hybridized carbons (Fsp3) is 0.222. The lowest BCUT2D eigenvalue weighted by Gasteiger charge is -2.17. The molecule has 0 heterocycles. The van der Waals surface area contributed by atoms with Gasteiger partial charge in [-0.1, -0.05) is 0 Å². The highest BCUT2D eigenvalue weighted by Gasteiger charge is 2.43. The molecule has 0 bridgehead atoms. The molecule has 0 unspecified atom stereocenters. The van der Waals surface area contributed by atoms with Crippen molar-refractivity contribution in [3.63, 3.8) is 0 Å². The molecule has 0 aliphatic heterocycles. The summed E-state index contributed by atoms with van der Waals surface area (Å²) in [6.45, 7) is 0. The molecule has 0 aliphatic carbocycles. The summed E-state index contributed by atoms with van der Waals surface area (Å²) in [6, 6.07) is 0.496. The van der Waals surface area contributed by atoms with Gasteiger partial charge in [-0.3, -0.25) is 4.79 Å². The number of halogens is 7. The molecule has 0 saturated heterocycles. The summed E-state index contributed by atoms with van der Waals surface area (Å²) >= 11 is 2.65. The van der Waals surface area contributed by atoms with Gasteiger partial charge in [0.15, 0.2) is 0 Å². The SMILES string of the molecule is O=CNc1cc(C(F)(F)F)c(C(F)(F)F)cc1Br. The molecule has 18 heavy (non-hydrogen) atoms. The number of hydrogen-bond donors (Lipinski definition) is 1. The standard InChI is InChI=1S/C9H4BrF6NO/c10-6-1-4(8(11,12)13)5(9(14,15)16)2-7(6)17-3-18/h1-3H,(H,17,18). The molecule has 0 radical (unpaired) electrons. The molecule has 0 aliphatic rings. The first kappa shape index (κ1) is 14.8. The van der Waals surface area contributed by atoms with E-state index in [0.29, 0.717) is 0 Å². The number of anilines is 1. The van der Waals surface area contributed by atoms with Crippen LogP contribution in [0.4, 0.5) is 32.0 Å². The van der Waals surface area contributed by atoms with Crippen LogP contribution < -0.4 is 5.32 Å². The highest BCUT2D eigenvalue weighted by Crippen LogP contribution is 2.43. The maximum atomic E-state index is 12.5. The van der Waals surface area contributed by atoms with Gasteiger partial charge in [0.2, 0.25) is 6.41 Å². The van der Waals surface area contributed by atoms with E-state index in [-0.39, 0.29) is 23.0 Å². The maximum absolute atomic E-state index is 12.5. The van der Waals surface area contributed by atoms with Crippen LogP contribution in [-0.2, 0) is 17.1 Å². The van der Waals surface area contributed by atoms with Gasteiger partial charge >= 0.3 is 12.4 Å². The fourth-order valence-corrected chi connectivity index (χ4v) is 1.67. The van der Waals surface area contributed by atoms with E-state index < -0.39 is 29.2 Å². The van der Waals surface area contributed by atoms with Crippen LogP contribution in [0.2, 0.25) is 0 Å². The Hall–Kier alpha value is -1.25. The molecule has 1 aromatic carbocycles. The molecule has 0 atom stereocenters. The van der Waals surface area contributed by atoms with Crippen molar-refractivity contribution in [1.29, 1.82) is 0 Å². The largest absolute Gasteiger partial charge is 0.417 e. The predicted octanol–water partition coefficient (Wildman–Crippen LogP) is 4.06. The fourth-order valence-electron chi connectivity index (χ4n) is 1.22. The Morgan fingerprint density at radius 3 is 1.83 bits per heavy atom. The van der Waals surface area contributed by atoms with Crippen molar-refractivity contribution in [2.45, 2.75) is 12.4 Å². The summed E-state index contributed by atoms with van der Waals surface area (Å²) in [5.41, 5.74) is -4.08. The molecule has 0 spiro atoms. The molecule has 9 heteroatoms. The predicted molar refractivity (Wildman–Crippen MR) is 53.8 cm³/mol. The van der Waals surface area contributed by atoms with E-state index in [1.54, 1.807) is 0 Å². The van der Waals surface area contributed by atoms with Gasteiger partial charge in [0, 0.05) is 4.47 Å². The van der Waals surface area contributed by atoms with E-state index in [9.17, 15) is 31.1 Å². The van der Waals surface area contributed by atoms with Crippen LogP contribution in [0.5, 0.6) is 0 Å². The number of carbonyl (C=O) groups is 1.